The molecule has 5 atom stereocenters. The van der Waals surface area contributed by atoms with Crippen molar-refractivity contribution in [2.75, 3.05) is 20.6 Å². The molecular formula is C18H21NO3. The number of aliphatic hydroxyl groups excluding tert-OH is 1. The van der Waals surface area contributed by atoms with Gasteiger partial charge in [0.1, 0.15) is 12.2 Å². The molecule has 2 aliphatic carbocycles. The van der Waals surface area contributed by atoms with Crippen LogP contribution in [0.15, 0.2) is 24.2 Å². The zero-order chi connectivity index (χ0) is 21.1. The van der Waals surface area contributed by atoms with Gasteiger partial charge in [0.25, 0.3) is 0 Å². The van der Waals surface area contributed by atoms with Crippen molar-refractivity contribution in [3.8, 4) is 11.5 Å². The summed E-state index contributed by atoms with van der Waals surface area (Å²) in [7, 11) is 1.36. The first-order valence-electron chi connectivity index (χ1n) is 11.0. The summed E-state index contributed by atoms with van der Waals surface area (Å²) < 4.78 is 70.5. The Morgan fingerprint density at radius 3 is 3.27 bits per heavy atom. The van der Waals surface area contributed by atoms with E-state index in [9.17, 15) is 6.48 Å². The molecule has 0 amide bonds. The van der Waals surface area contributed by atoms with Gasteiger partial charge in [0.15, 0.2) is 11.5 Å². The summed E-state index contributed by atoms with van der Waals surface area (Å²) in [5.74, 6) is -0.541. The molecule has 5 rings (SSSR count). The topological polar surface area (TPSA) is 41.9 Å². The number of benzene rings is 1. The molecule has 1 aromatic carbocycles. The molecule has 4 aliphatic rings. The molecule has 1 aromatic rings. The van der Waals surface area contributed by atoms with Crippen LogP contribution in [0, 0.1) is 5.92 Å². The van der Waals surface area contributed by atoms with E-state index in [-0.39, 0.29) is 43.0 Å². The van der Waals surface area contributed by atoms with E-state index in [1.165, 1.54) is 13.2 Å². The lowest BCUT2D eigenvalue weighted by molar-refractivity contribution is -0.0453. The van der Waals surface area contributed by atoms with Crippen LogP contribution in [-0.4, -0.2) is 48.8 Å². The lowest BCUT2D eigenvalue weighted by atomic mass is 9.53. The standard InChI is InChI=1S/C18H21NO3/c1-19-8-7-18-11-4-5-13(20)17(18)22-16-14(21-2)6-3-10(15(16)18)9-12(11)19/h3-6,11-13,17,20H,7-9H2,1-2H3/t11-,12+,13?,17?,18-/m0/s1/i1D3,3D,6D,12D,17D. The van der Waals surface area contributed by atoms with Gasteiger partial charge in [0.05, 0.1) is 11.2 Å². The summed E-state index contributed by atoms with van der Waals surface area (Å²) >= 11 is 0. The summed E-state index contributed by atoms with van der Waals surface area (Å²) in [5.41, 5.74) is -0.348. The number of likely N-dealkylation sites (N-methyl/N-ethyl adjacent to an activating group) is 1. The minimum absolute atomic E-state index is 0.0260. The maximum atomic E-state index is 10.7. The number of likely N-dealkylation sites (tertiary alicyclic amines) is 1. The fourth-order valence-electron chi connectivity index (χ4n) is 4.56. The van der Waals surface area contributed by atoms with Crippen molar-refractivity contribution in [3.63, 3.8) is 0 Å². The minimum Gasteiger partial charge on any atom is -0.493 e. The van der Waals surface area contributed by atoms with Crippen LogP contribution in [0.25, 0.3) is 0 Å². The van der Waals surface area contributed by atoms with Gasteiger partial charge in [-0.3, -0.25) is 0 Å². The predicted octanol–water partition coefficient (Wildman–Crippen LogP) is 1.50. The van der Waals surface area contributed by atoms with Gasteiger partial charge in [-0.2, -0.15) is 0 Å². The van der Waals surface area contributed by atoms with Crippen molar-refractivity contribution < 1.29 is 24.2 Å². The zero-order valence-electron chi connectivity index (χ0n) is 19.1. The molecule has 2 unspecified atom stereocenters. The van der Waals surface area contributed by atoms with Crippen LogP contribution < -0.4 is 9.47 Å². The molecule has 2 bridgehead atoms. The second kappa shape index (κ2) is 4.06. The largest absolute Gasteiger partial charge is 0.493 e. The van der Waals surface area contributed by atoms with E-state index in [2.05, 4.69) is 0 Å². The number of aliphatic hydroxyl groups is 1. The Labute approximate surface area is 140 Å². The van der Waals surface area contributed by atoms with Crippen molar-refractivity contribution in [3.05, 3.63) is 35.4 Å². The zero-order valence-corrected chi connectivity index (χ0v) is 12.1. The number of methoxy groups -OCH3 is 1. The van der Waals surface area contributed by atoms with Gasteiger partial charge in [-0.1, -0.05) is 18.2 Å². The van der Waals surface area contributed by atoms with Gasteiger partial charge in [0.2, 0.25) is 0 Å². The molecule has 0 saturated carbocycles. The van der Waals surface area contributed by atoms with Crippen LogP contribution in [0.5, 0.6) is 11.5 Å². The fraction of sp³-hybridized carbons (Fsp3) is 0.556. The van der Waals surface area contributed by atoms with Crippen molar-refractivity contribution >= 4 is 0 Å². The third-order valence-corrected chi connectivity index (χ3v) is 5.44. The Morgan fingerprint density at radius 2 is 2.45 bits per heavy atom. The Hall–Kier alpha value is -1.52. The molecule has 2 aliphatic heterocycles. The maximum Gasteiger partial charge on any atom is 0.165 e. The number of hydrogen-bond donors (Lipinski definition) is 1. The highest BCUT2D eigenvalue weighted by atomic mass is 16.5. The Morgan fingerprint density at radius 1 is 1.55 bits per heavy atom. The first-order chi connectivity index (χ1) is 13.4. The molecule has 1 spiro atoms. The molecule has 116 valence electrons. The van der Waals surface area contributed by atoms with Crippen molar-refractivity contribution in [1.29, 1.82) is 0 Å². The molecule has 22 heavy (non-hydrogen) atoms. The lowest BCUT2D eigenvalue weighted by Gasteiger charge is -2.56. The SMILES string of the molecule is [2H]c1c([2H])c(OC)c2c3c1C[C@]1([2H])[C@@H]4C=CC(O)C([2H])(O2)[C@]34CCN1C([2H])([2H])[2H]. The van der Waals surface area contributed by atoms with Gasteiger partial charge in [-0.15, -0.1) is 0 Å². The molecule has 0 aromatic heterocycles. The Kier molecular flexibility index (Phi) is 1.45. The third-order valence-electron chi connectivity index (χ3n) is 5.44. The van der Waals surface area contributed by atoms with E-state index in [0.717, 1.165) is 4.90 Å². The average molecular weight is 306 g/mol. The van der Waals surface area contributed by atoms with Crippen LogP contribution in [0.2, 0.25) is 0 Å². The number of ether oxygens (including phenoxy) is 2. The molecular weight excluding hydrogens is 278 g/mol. The molecule has 2 heterocycles. The second-order valence-corrected chi connectivity index (χ2v) is 6.28. The normalized spacial score (nSPS) is 52.9. The predicted molar refractivity (Wildman–Crippen MR) is 82.5 cm³/mol. The summed E-state index contributed by atoms with van der Waals surface area (Å²) in [6.45, 7) is -2.51. The smallest absolute Gasteiger partial charge is 0.165 e. The van der Waals surface area contributed by atoms with Crippen LogP contribution in [-0.2, 0) is 11.8 Å². The van der Waals surface area contributed by atoms with E-state index in [1.54, 1.807) is 6.08 Å². The van der Waals surface area contributed by atoms with Crippen LogP contribution in [0.1, 0.15) is 27.1 Å². The van der Waals surface area contributed by atoms with Crippen molar-refractivity contribution in [2.45, 2.75) is 36.5 Å². The van der Waals surface area contributed by atoms with E-state index in [4.69, 9.17) is 17.7 Å². The monoisotopic (exact) mass is 306 g/mol. The average Bonchev–Trinajstić information content (AvgIpc) is 2.88. The first kappa shape index (κ1) is 7.84. The third kappa shape index (κ3) is 1.28. The molecule has 1 saturated heterocycles. The highest BCUT2D eigenvalue weighted by molar-refractivity contribution is 5.62. The number of piperidine rings is 1. The second-order valence-electron chi connectivity index (χ2n) is 6.28. The van der Waals surface area contributed by atoms with Gasteiger partial charge < -0.3 is 19.5 Å². The molecule has 1 fully saturated rings. The van der Waals surface area contributed by atoms with E-state index in [1.807, 2.05) is 0 Å². The number of hydrogen-bond acceptors (Lipinski definition) is 4. The maximum absolute atomic E-state index is 10.7. The molecule has 1 N–H and O–H groups in total. The number of nitrogens with zero attached hydrogens (tertiary/aromatic N) is 1. The van der Waals surface area contributed by atoms with E-state index < -0.39 is 36.5 Å². The van der Waals surface area contributed by atoms with Gasteiger partial charge >= 0.3 is 0 Å². The fourth-order valence-corrected chi connectivity index (χ4v) is 4.56. The van der Waals surface area contributed by atoms with E-state index in [0.29, 0.717) is 11.1 Å². The van der Waals surface area contributed by atoms with E-state index >= 15 is 0 Å². The molecule has 0 radical (unpaired) electrons. The van der Waals surface area contributed by atoms with Crippen LogP contribution >= 0.6 is 0 Å². The van der Waals surface area contributed by atoms with Crippen LogP contribution in [0.3, 0.4) is 0 Å². The molecule has 4 heteroatoms. The summed E-state index contributed by atoms with van der Waals surface area (Å²) in [6.07, 6.45) is -0.0990. The lowest BCUT2D eigenvalue weighted by Crippen LogP contribution is -2.64. The highest BCUT2D eigenvalue weighted by Gasteiger charge is 2.64. The van der Waals surface area contributed by atoms with Gasteiger partial charge in [0, 0.05) is 28.4 Å². The minimum atomic E-state index is -2.53. The Balaban J connectivity index is 1.90. The van der Waals surface area contributed by atoms with Crippen molar-refractivity contribution in [2.24, 2.45) is 5.92 Å². The quantitative estimate of drug-likeness (QED) is 0.799. The van der Waals surface area contributed by atoms with Gasteiger partial charge in [-0.25, -0.2) is 0 Å². The van der Waals surface area contributed by atoms with Crippen molar-refractivity contribution in [1.82, 2.24) is 4.90 Å². The number of rotatable bonds is 1. The van der Waals surface area contributed by atoms with Gasteiger partial charge in [-0.05, 0) is 38.0 Å². The highest BCUT2D eigenvalue weighted by Crippen LogP contribution is 2.62. The van der Waals surface area contributed by atoms with Crippen LogP contribution in [0.4, 0.5) is 0 Å². The molecule has 4 nitrogen and oxygen atoms in total. The Bertz CT molecular complexity index is 966. The summed E-state index contributed by atoms with van der Waals surface area (Å²) in [5, 5.41) is 10.7. The first-order valence-corrected chi connectivity index (χ1v) is 7.47. The summed E-state index contributed by atoms with van der Waals surface area (Å²) in [4.78, 5) is 1.15. The summed E-state index contributed by atoms with van der Waals surface area (Å²) in [6, 6.07) is -2.05.